The smallest absolute Gasteiger partial charge is 0.335 e. The number of benzene rings is 2. The first-order valence-corrected chi connectivity index (χ1v) is 10.1. The van der Waals surface area contributed by atoms with Crippen LogP contribution in [0.2, 0.25) is 0 Å². The van der Waals surface area contributed by atoms with Crippen LogP contribution in [0.3, 0.4) is 0 Å². The van der Waals surface area contributed by atoms with Crippen LogP contribution in [-0.2, 0) is 13.1 Å². The summed E-state index contributed by atoms with van der Waals surface area (Å²) < 4.78 is 0. The third-order valence-electron chi connectivity index (χ3n) is 6.14. The SMILES string of the molecule is O=C(O)c1ccc(CNC(=O)N2CCC3(CCN(Cc4ccccc4)C3)C2)cc1. The molecule has 6 nitrogen and oxygen atoms in total. The van der Waals surface area contributed by atoms with Gasteiger partial charge in [-0.25, -0.2) is 9.59 Å². The molecular weight excluding hydrogens is 366 g/mol. The summed E-state index contributed by atoms with van der Waals surface area (Å²) in [6, 6.07) is 17.1. The van der Waals surface area contributed by atoms with E-state index in [-0.39, 0.29) is 17.0 Å². The van der Waals surface area contributed by atoms with Crippen molar-refractivity contribution in [3.8, 4) is 0 Å². The van der Waals surface area contributed by atoms with Gasteiger partial charge in [-0.3, -0.25) is 4.90 Å². The van der Waals surface area contributed by atoms with Crippen LogP contribution in [-0.4, -0.2) is 53.1 Å². The Kier molecular flexibility index (Phi) is 5.53. The molecule has 29 heavy (non-hydrogen) atoms. The number of nitrogens with one attached hydrogen (secondary N) is 1. The fourth-order valence-electron chi connectivity index (χ4n) is 4.50. The van der Waals surface area contributed by atoms with Crippen LogP contribution < -0.4 is 5.32 Å². The Morgan fingerprint density at radius 2 is 1.66 bits per heavy atom. The number of carbonyl (C=O) groups excluding carboxylic acids is 1. The number of rotatable bonds is 5. The average Bonchev–Trinajstić information content (AvgIpc) is 3.34. The van der Waals surface area contributed by atoms with Crippen LogP contribution in [0, 0.1) is 5.41 Å². The van der Waals surface area contributed by atoms with E-state index in [1.54, 1.807) is 24.3 Å². The van der Waals surface area contributed by atoms with Gasteiger partial charge in [0.1, 0.15) is 0 Å². The van der Waals surface area contributed by atoms with Crippen molar-refractivity contribution >= 4 is 12.0 Å². The second-order valence-electron chi connectivity index (χ2n) is 8.28. The molecule has 1 unspecified atom stereocenters. The molecule has 4 rings (SSSR count). The molecule has 2 N–H and O–H groups in total. The van der Waals surface area contributed by atoms with Crippen molar-refractivity contribution in [3.05, 3.63) is 71.3 Å². The van der Waals surface area contributed by atoms with Gasteiger partial charge in [0.25, 0.3) is 0 Å². The monoisotopic (exact) mass is 393 g/mol. The number of amides is 2. The first kappa shape index (κ1) is 19.5. The van der Waals surface area contributed by atoms with Gasteiger partial charge < -0.3 is 15.3 Å². The van der Waals surface area contributed by atoms with E-state index in [0.717, 1.165) is 51.1 Å². The van der Waals surface area contributed by atoms with Crippen molar-refractivity contribution in [3.63, 3.8) is 0 Å². The molecule has 152 valence electrons. The Labute approximate surface area is 171 Å². The topological polar surface area (TPSA) is 72.9 Å². The molecule has 0 aromatic heterocycles. The number of hydrogen-bond acceptors (Lipinski definition) is 3. The lowest BCUT2D eigenvalue weighted by Gasteiger charge is -2.25. The van der Waals surface area contributed by atoms with Crippen molar-refractivity contribution < 1.29 is 14.7 Å². The highest BCUT2D eigenvalue weighted by molar-refractivity contribution is 5.87. The van der Waals surface area contributed by atoms with Crippen molar-refractivity contribution in [2.45, 2.75) is 25.9 Å². The molecule has 6 heteroatoms. The Hall–Kier alpha value is -2.86. The lowest BCUT2D eigenvalue weighted by atomic mass is 9.86. The lowest BCUT2D eigenvalue weighted by molar-refractivity contribution is 0.0697. The zero-order valence-electron chi connectivity index (χ0n) is 16.5. The molecule has 1 spiro atoms. The summed E-state index contributed by atoms with van der Waals surface area (Å²) in [7, 11) is 0. The number of likely N-dealkylation sites (tertiary alicyclic amines) is 2. The fraction of sp³-hybridized carbons (Fsp3) is 0.391. The normalized spacial score (nSPS) is 21.6. The molecule has 0 bridgehead atoms. The standard InChI is InChI=1S/C23H27N3O3/c27-21(28)20-8-6-18(7-9-20)14-24-22(29)26-13-11-23(17-26)10-12-25(16-23)15-19-4-2-1-3-5-19/h1-9H,10-17H2,(H,24,29)(H,27,28). The molecule has 2 aliphatic heterocycles. The second-order valence-corrected chi connectivity index (χ2v) is 8.28. The summed E-state index contributed by atoms with van der Waals surface area (Å²) in [5.41, 5.74) is 2.70. The van der Waals surface area contributed by atoms with E-state index in [9.17, 15) is 9.59 Å². The second kappa shape index (κ2) is 8.25. The maximum atomic E-state index is 12.6. The first-order chi connectivity index (χ1) is 14.0. The van der Waals surface area contributed by atoms with E-state index < -0.39 is 5.97 Å². The van der Waals surface area contributed by atoms with Gasteiger partial charge in [0, 0.05) is 38.1 Å². The van der Waals surface area contributed by atoms with Crippen LogP contribution >= 0.6 is 0 Å². The minimum atomic E-state index is -0.944. The molecule has 2 aromatic carbocycles. The van der Waals surface area contributed by atoms with E-state index in [2.05, 4.69) is 34.5 Å². The van der Waals surface area contributed by atoms with E-state index in [4.69, 9.17) is 5.11 Å². The van der Waals surface area contributed by atoms with Crippen LogP contribution in [0.1, 0.15) is 34.3 Å². The number of hydrogen-bond donors (Lipinski definition) is 2. The summed E-state index contributed by atoms with van der Waals surface area (Å²) in [5, 5.41) is 11.9. The quantitative estimate of drug-likeness (QED) is 0.818. The Morgan fingerprint density at radius 3 is 2.38 bits per heavy atom. The van der Waals surface area contributed by atoms with E-state index in [1.165, 1.54) is 5.56 Å². The Balaban J connectivity index is 1.27. The minimum Gasteiger partial charge on any atom is -0.478 e. The summed E-state index contributed by atoms with van der Waals surface area (Å²) in [5.74, 6) is -0.944. The van der Waals surface area contributed by atoms with Crippen LogP contribution in [0.25, 0.3) is 0 Å². The van der Waals surface area contributed by atoms with E-state index >= 15 is 0 Å². The zero-order chi connectivity index (χ0) is 20.3. The van der Waals surface area contributed by atoms with Gasteiger partial charge in [-0.2, -0.15) is 0 Å². The van der Waals surface area contributed by atoms with Crippen LogP contribution in [0.4, 0.5) is 4.79 Å². The highest BCUT2D eigenvalue weighted by Gasteiger charge is 2.44. The van der Waals surface area contributed by atoms with Gasteiger partial charge in [-0.1, -0.05) is 42.5 Å². The number of carboxylic acids is 1. The van der Waals surface area contributed by atoms with Crippen molar-refractivity contribution in [2.24, 2.45) is 5.41 Å². The predicted octanol–water partition coefficient (Wildman–Crippen LogP) is 3.19. The van der Waals surface area contributed by atoms with Gasteiger partial charge in [-0.05, 0) is 42.6 Å². The summed E-state index contributed by atoms with van der Waals surface area (Å²) >= 11 is 0. The number of carboxylic acid groups (broad SMARTS) is 1. The van der Waals surface area contributed by atoms with Gasteiger partial charge in [0.2, 0.25) is 0 Å². The maximum Gasteiger partial charge on any atom is 0.335 e. The molecule has 0 radical (unpaired) electrons. The van der Waals surface area contributed by atoms with Gasteiger partial charge in [-0.15, -0.1) is 0 Å². The van der Waals surface area contributed by atoms with Crippen molar-refractivity contribution in [1.29, 1.82) is 0 Å². The number of urea groups is 1. The first-order valence-electron chi connectivity index (χ1n) is 10.1. The molecule has 2 amide bonds. The number of nitrogens with zero attached hydrogens (tertiary/aromatic N) is 2. The summed E-state index contributed by atoms with van der Waals surface area (Å²) in [4.78, 5) is 28.0. The molecule has 0 saturated carbocycles. The predicted molar refractivity (Wildman–Crippen MR) is 111 cm³/mol. The van der Waals surface area contributed by atoms with E-state index in [0.29, 0.717) is 6.54 Å². The summed E-state index contributed by atoms with van der Waals surface area (Å²) in [6.07, 6.45) is 2.19. The van der Waals surface area contributed by atoms with Crippen molar-refractivity contribution in [1.82, 2.24) is 15.1 Å². The number of carbonyl (C=O) groups is 2. The van der Waals surface area contributed by atoms with E-state index in [1.807, 2.05) is 11.0 Å². The third kappa shape index (κ3) is 4.59. The molecular formula is C23H27N3O3. The highest BCUT2D eigenvalue weighted by Crippen LogP contribution is 2.39. The minimum absolute atomic E-state index is 0.0364. The molecule has 1 atom stereocenters. The van der Waals surface area contributed by atoms with Gasteiger partial charge >= 0.3 is 12.0 Å². The van der Waals surface area contributed by atoms with Gasteiger partial charge in [0.15, 0.2) is 0 Å². The van der Waals surface area contributed by atoms with Crippen LogP contribution in [0.15, 0.2) is 54.6 Å². The molecule has 0 aliphatic carbocycles. The van der Waals surface area contributed by atoms with Gasteiger partial charge in [0.05, 0.1) is 5.56 Å². The molecule has 2 saturated heterocycles. The third-order valence-corrected chi connectivity index (χ3v) is 6.14. The fourth-order valence-corrected chi connectivity index (χ4v) is 4.50. The molecule has 2 aromatic rings. The van der Waals surface area contributed by atoms with Crippen molar-refractivity contribution in [2.75, 3.05) is 26.2 Å². The molecule has 2 aliphatic rings. The average molecular weight is 393 g/mol. The number of aromatic carboxylic acids is 1. The summed E-state index contributed by atoms with van der Waals surface area (Å²) in [6.45, 7) is 5.11. The Morgan fingerprint density at radius 1 is 0.931 bits per heavy atom. The Bertz CT molecular complexity index is 869. The molecule has 2 fully saturated rings. The van der Waals surface area contributed by atoms with Crippen LogP contribution in [0.5, 0.6) is 0 Å². The zero-order valence-corrected chi connectivity index (χ0v) is 16.5. The largest absolute Gasteiger partial charge is 0.478 e. The highest BCUT2D eigenvalue weighted by atomic mass is 16.4. The molecule has 2 heterocycles. The maximum absolute atomic E-state index is 12.6. The lowest BCUT2D eigenvalue weighted by Crippen LogP contribution is -2.40.